The van der Waals surface area contributed by atoms with Crippen molar-refractivity contribution in [3.05, 3.63) is 50.6 Å². The molecule has 0 unspecified atom stereocenters. The molecular formula is C25H30Cl2N6O3S. The van der Waals surface area contributed by atoms with Crippen LogP contribution in [0, 0.1) is 5.92 Å². The van der Waals surface area contributed by atoms with Crippen LogP contribution in [0.15, 0.2) is 24.3 Å². The molecule has 37 heavy (non-hydrogen) atoms. The van der Waals surface area contributed by atoms with Gasteiger partial charge in [0.05, 0.1) is 11.7 Å². The van der Waals surface area contributed by atoms with E-state index < -0.39 is 6.04 Å². The summed E-state index contributed by atoms with van der Waals surface area (Å²) in [7, 11) is 5.49. The molecule has 1 aromatic carbocycles. The summed E-state index contributed by atoms with van der Waals surface area (Å²) >= 11 is 7.49. The molecule has 12 heteroatoms. The fraction of sp³-hybridized carbons (Fsp3) is 0.440. The molecule has 2 aromatic heterocycles. The molecule has 1 aliphatic heterocycles. The number of carbonyl (C=O) groups is 3. The monoisotopic (exact) mass is 564 g/mol. The van der Waals surface area contributed by atoms with Crippen molar-refractivity contribution in [2.24, 2.45) is 5.92 Å². The van der Waals surface area contributed by atoms with E-state index in [0.717, 1.165) is 34.6 Å². The standard InChI is InChI=1S/C25H29ClN6O3S.ClH/c1-31(2)25(35)13-4-6-17(28-22(33)19-10-14-8-15(26)5-7-16(14)27-19)18(9-13)29-23(34)24-30-20-11-32(3)12-21(20)36-24;/h5,7-8,10,13,17-18,27H,4,6,9,11-12H2,1-3H3,(H,28,33)(H,29,34);1H/t13-,17-,18-;/m0./s1. The van der Waals surface area contributed by atoms with Crippen LogP contribution in [0.5, 0.6) is 0 Å². The van der Waals surface area contributed by atoms with Crippen LogP contribution in [0.25, 0.3) is 10.9 Å². The molecule has 1 saturated carbocycles. The minimum absolute atomic E-state index is 0. The Kier molecular flexibility index (Phi) is 8.13. The highest BCUT2D eigenvalue weighted by Gasteiger charge is 2.37. The van der Waals surface area contributed by atoms with Crippen LogP contribution in [-0.4, -0.2) is 70.7 Å². The molecule has 3 atom stereocenters. The molecule has 3 heterocycles. The second-order valence-electron chi connectivity index (χ2n) is 9.88. The second kappa shape index (κ2) is 11.0. The first-order valence-electron chi connectivity index (χ1n) is 12.0. The molecule has 0 spiro atoms. The molecule has 0 saturated heterocycles. The van der Waals surface area contributed by atoms with Crippen molar-refractivity contribution in [3.63, 3.8) is 0 Å². The Bertz CT molecular complexity index is 1320. The zero-order valence-electron chi connectivity index (χ0n) is 20.8. The molecule has 1 aliphatic carbocycles. The summed E-state index contributed by atoms with van der Waals surface area (Å²) in [5.74, 6) is -0.717. The Hall–Kier alpha value is -2.66. The van der Waals surface area contributed by atoms with E-state index in [2.05, 4.69) is 25.5 Å². The normalized spacial score (nSPS) is 21.2. The summed E-state index contributed by atoms with van der Waals surface area (Å²) in [6, 6.07) is 6.44. The number of hydrogen-bond donors (Lipinski definition) is 3. The zero-order valence-corrected chi connectivity index (χ0v) is 23.2. The van der Waals surface area contributed by atoms with Gasteiger partial charge in [0.2, 0.25) is 5.91 Å². The van der Waals surface area contributed by atoms with E-state index in [1.165, 1.54) is 11.3 Å². The SMILES string of the molecule is CN1Cc2nc(C(=O)N[C@H]3C[C@@H](C(=O)N(C)C)CC[C@@H]3NC(=O)c3cc4cc(Cl)ccc4[nH]3)sc2C1.Cl. The van der Waals surface area contributed by atoms with Crippen LogP contribution in [0.2, 0.25) is 5.02 Å². The molecule has 3 amide bonds. The van der Waals surface area contributed by atoms with Crippen molar-refractivity contribution in [1.82, 2.24) is 30.4 Å². The molecule has 2 aliphatic rings. The van der Waals surface area contributed by atoms with Crippen LogP contribution in [0.3, 0.4) is 0 Å². The number of aromatic amines is 1. The third kappa shape index (κ3) is 5.77. The first-order valence-corrected chi connectivity index (χ1v) is 13.2. The number of nitrogens with zero attached hydrogens (tertiary/aromatic N) is 3. The largest absolute Gasteiger partial charge is 0.351 e. The van der Waals surface area contributed by atoms with Gasteiger partial charge in [0.1, 0.15) is 5.69 Å². The fourth-order valence-corrected chi connectivity index (χ4v) is 6.31. The molecule has 0 bridgehead atoms. The van der Waals surface area contributed by atoms with E-state index in [1.807, 2.05) is 13.1 Å². The van der Waals surface area contributed by atoms with Gasteiger partial charge in [-0.3, -0.25) is 19.3 Å². The van der Waals surface area contributed by atoms with Gasteiger partial charge in [-0.05, 0) is 50.6 Å². The average Bonchev–Trinajstić information content (AvgIpc) is 3.52. The summed E-state index contributed by atoms with van der Waals surface area (Å²) in [6.45, 7) is 1.52. The van der Waals surface area contributed by atoms with Crippen molar-refractivity contribution in [2.75, 3.05) is 21.1 Å². The highest BCUT2D eigenvalue weighted by atomic mass is 35.5. The molecule has 3 N–H and O–H groups in total. The van der Waals surface area contributed by atoms with Crippen LogP contribution in [0.1, 0.15) is 50.1 Å². The molecule has 5 rings (SSSR count). The van der Waals surface area contributed by atoms with Crippen LogP contribution >= 0.6 is 35.3 Å². The number of nitrogens with one attached hydrogen (secondary N) is 3. The Labute approximate surface area is 230 Å². The smallest absolute Gasteiger partial charge is 0.280 e. The molecule has 3 aromatic rings. The second-order valence-corrected chi connectivity index (χ2v) is 11.4. The Balaban J connectivity index is 0.00000320. The lowest BCUT2D eigenvalue weighted by atomic mass is 9.81. The highest BCUT2D eigenvalue weighted by Crippen LogP contribution is 2.30. The molecule has 198 valence electrons. The third-order valence-electron chi connectivity index (χ3n) is 6.91. The maximum atomic E-state index is 13.2. The topological polar surface area (TPSA) is 110 Å². The van der Waals surface area contributed by atoms with E-state index >= 15 is 0 Å². The lowest BCUT2D eigenvalue weighted by Gasteiger charge is -2.37. The maximum Gasteiger partial charge on any atom is 0.280 e. The number of benzene rings is 1. The fourth-order valence-electron chi connectivity index (χ4n) is 5.08. The number of halogens is 2. The van der Waals surface area contributed by atoms with E-state index in [9.17, 15) is 14.4 Å². The van der Waals surface area contributed by atoms with Crippen molar-refractivity contribution in [3.8, 4) is 0 Å². The van der Waals surface area contributed by atoms with Gasteiger partial charge < -0.3 is 20.5 Å². The Morgan fingerprint density at radius 2 is 1.86 bits per heavy atom. The van der Waals surface area contributed by atoms with Gasteiger partial charge in [-0.2, -0.15) is 0 Å². The lowest BCUT2D eigenvalue weighted by molar-refractivity contribution is -0.134. The molecule has 9 nitrogen and oxygen atoms in total. The number of fused-ring (bicyclic) bond motifs is 2. The first-order chi connectivity index (χ1) is 17.2. The van der Waals surface area contributed by atoms with Crippen molar-refractivity contribution in [1.29, 1.82) is 0 Å². The van der Waals surface area contributed by atoms with Crippen LogP contribution in [0.4, 0.5) is 0 Å². The quantitative estimate of drug-likeness (QED) is 0.439. The number of aromatic nitrogens is 2. The number of carbonyl (C=O) groups excluding carboxylic acids is 3. The summed E-state index contributed by atoms with van der Waals surface area (Å²) in [5.41, 5.74) is 2.18. The third-order valence-corrected chi connectivity index (χ3v) is 8.22. The minimum Gasteiger partial charge on any atom is -0.351 e. The number of rotatable bonds is 5. The van der Waals surface area contributed by atoms with Crippen molar-refractivity contribution >= 4 is 64.0 Å². The van der Waals surface area contributed by atoms with Gasteiger partial charge in [0, 0.05) is 59.9 Å². The van der Waals surface area contributed by atoms with Crippen molar-refractivity contribution in [2.45, 2.75) is 44.4 Å². The van der Waals surface area contributed by atoms with Crippen LogP contribution in [-0.2, 0) is 17.9 Å². The zero-order chi connectivity index (χ0) is 25.6. The van der Waals surface area contributed by atoms with Crippen LogP contribution < -0.4 is 10.6 Å². The highest BCUT2D eigenvalue weighted by molar-refractivity contribution is 7.13. The van der Waals surface area contributed by atoms with Crippen molar-refractivity contribution < 1.29 is 14.4 Å². The Morgan fingerprint density at radius 1 is 1.11 bits per heavy atom. The minimum atomic E-state index is -0.399. The van der Waals surface area contributed by atoms with E-state index in [4.69, 9.17) is 11.6 Å². The first kappa shape index (κ1) is 27.4. The number of H-pyrrole nitrogens is 1. The maximum absolute atomic E-state index is 13.2. The van der Waals surface area contributed by atoms with Gasteiger partial charge in [0.25, 0.3) is 11.8 Å². The summed E-state index contributed by atoms with van der Waals surface area (Å²) in [5, 5.41) is 8.03. The van der Waals surface area contributed by atoms with Gasteiger partial charge in [-0.25, -0.2) is 4.98 Å². The Morgan fingerprint density at radius 3 is 2.59 bits per heavy atom. The molecule has 0 radical (unpaired) electrons. The predicted octanol–water partition coefficient (Wildman–Crippen LogP) is 3.43. The predicted molar refractivity (Wildman–Crippen MR) is 146 cm³/mol. The average molecular weight is 566 g/mol. The molecular weight excluding hydrogens is 535 g/mol. The summed E-state index contributed by atoms with van der Waals surface area (Å²) < 4.78 is 0. The summed E-state index contributed by atoms with van der Waals surface area (Å²) in [6.07, 6.45) is 1.66. The van der Waals surface area contributed by atoms with E-state index in [0.29, 0.717) is 35.0 Å². The number of hydrogen-bond acceptors (Lipinski definition) is 6. The number of thiazole rings is 1. The van der Waals surface area contributed by atoms with E-state index in [-0.39, 0.29) is 42.1 Å². The van der Waals surface area contributed by atoms with Gasteiger partial charge in [0.15, 0.2) is 5.01 Å². The lowest BCUT2D eigenvalue weighted by Crippen LogP contribution is -2.56. The van der Waals surface area contributed by atoms with Gasteiger partial charge >= 0.3 is 0 Å². The van der Waals surface area contributed by atoms with E-state index in [1.54, 1.807) is 37.2 Å². The summed E-state index contributed by atoms with van der Waals surface area (Å²) in [4.78, 5) is 51.5. The van der Waals surface area contributed by atoms with Gasteiger partial charge in [-0.1, -0.05) is 11.6 Å². The molecule has 1 fully saturated rings. The van der Waals surface area contributed by atoms with Gasteiger partial charge in [-0.15, -0.1) is 23.7 Å². The number of amides is 3.